The van der Waals surface area contributed by atoms with Gasteiger partial charge < -0.3 is 9.73 Å². The Bertz CT molecular complexity index is 808. The molecule has 1 heterocycles. The van der Waals surface area contributed by atoms with E-state index in [1.54, 1.807) is 0 Å². The van der Waals surface area contributed by atoms with Crippen LogP contribution < -0.4 is 5.32 Å². The monoisotopic (exact) mass is 275 g/mol. The molecule has 0 fully saturated rings. The van der Waals surface area contributed by atoms with E-state index < -0.39 is 0 Å². The number of terminal acetylenes is 1. The van der Waals surface area contributed by atoms with Crippen LogP contribution in [0.4, 0.5) is 5.69 Å². The summed E-state index contributed by atoms with van der Waals surface area (Å²) in [5.41, 5.74) is 4.08. The minimum absolute atomic E-state index is 0.730. The molecule has 1 N–H and O–H groups in total. The highest BCUT2D eigenvalue weighted by molar-refractivity contribution is 5.82. The topological polar surface area (TPSA) is 25.2 Å². The van der Waals surface area contributed by atoms with Gasteiger partial charge in [0.15, 0.2) is 0 Å². The summed E-state index contributed by atoms with van der Waals surface area (Å²) in [4.78, 5) is 0. The summed E-state index contributed by atoms with van der Waals surface area (Å²) >= 11 is 0. The number of anilines is 1. The lowest BCUT2D eigenvalue weighted by atomic mass is 10.1. The number of benzene rings is 2. The molecule has 0 unspecified atom stereocenters. The van der Waals surface area contributed by atoms with Crippen molar-refractivity contribution in [3.63, 3.8) is 0 Å². The van der Waals surface area contributed by atoms with E-state index in [2.05, 4.69) is 24.2 Å². The average Bonchev–Trinajstić information content (AvgIpc) is 2.91. The Labute approximate surface area is 124 Å². The van der Waals surface area contributed by atoms with Crippen LogP contribution in [-0.2, 0) is 13.0 Å². The summed E-state index contributed by atoms with van der Waals surface area (Å²) in [6.07, 6.45) is 6.32. The lowest BCUT2D eigenvalue weighted by Crippen LogP contribution is -2.01. The van der Waals surface area contributed by atoms with E-state index in [0.29, 0.717) is 0 Å². The Morgan fingerprint density at radius 1 is 1.14 bits per heavy atom. The molecule has 0 aliphatic heterocycles. The van der Waals surface area contributed by atoms with Gasteiger partial charge in [0.25, 0.3) is 0 Å². The minimum atomic E-state index is 0.730. The minimum Gasteiger partial charge on any atom is -0.461 e. The van der Waals surface area contributed by atoms with Crippen molar-refractivity contribution in [2.45, 2.75) is 19.9 Å². The zero-order valence-electron chi connectivity index (χ0n) is 12.0. The van der Waals surface area contributed by atoms with Gasteiger partial charge in [0.2, 0.25) is 0 Å². The largest absolute Gasteiger partial charge is 0.461 e. The molecule has 0 radical (unpaired) electrons. The molecule has 104 valence electrons. The second kappa shape index (κ2) is 5.76. The first kappa shape index (κ1) is 13.3. The van der Waals surface area contributed by atoms with Crippen LogP contribution in [0.2, 0.25) is 0 Å². The highest BCUT2D eigenvalue weighted by Crippen LogP contribution is 2.27. The third kappa shape index (κ3) is 2.64. The fourth-order valence-electron chi connectivity index (χ4n) is 2.54. The van der Waals surface area contributed by atoms with Crippen LogP contribution in [0.3, 0.4) is 0 Å². The van der Waals surface area contributed by atoms with Crippen LogP contribution in [0.5, 0.6) is 0 Å². The van der Waals surface area contributed by atoms with Crippen molar-refractivity contribution in [3.05, 3.63) is 65.4 Å². The third-order valence-electron chi connectivity index (χ3n) is 3.60. The Morgan fingerprint density at radius 2 is 2.00 bits per heavy atom. The molecule has 0 aliphatic carbocycles. The van der Waals surface area contributed by atoms with Crippen molar-refractivity contribution < 1.29 is 4.42 Å². The molecule has 2 aromatic carbocycles. The predicted octanol–water partition coefficient (Wildman–Crippen LogP) is 4.59. The molecule has 0 atom stereocenters. The zero-order chi connectivity index (χ0) is 14.7. The summed E-state index contributed by atoms with van der Waals surface area (Å²) in [6.45, 7) is 2.84. The fraction of sp³-hybridized carbons (Fsp3) is 0.158. The Morgan fingerprint density at radius 3 is 2.81 bits per heavy atom. The van der Waals surface area contributed by atoms with Crippen molar-refractivity contribution in [1.29, 1.82) is 0 Å². The molecule has 1 aromatic heterocycles. The summed E-state index contributed by atoms with van der Waals surface area (Å²) in [7, 11) is 0. The standard InChI is InChI=1S/C19H17NO/c1-3-14-8-7-9-15(12-14)20-13-17-16-10-5-6-11-19(16)21-18(17)4-2/h1,5-12,20H,4,13H2,2H3. The van der Waals surface area contributed by atoms with Crippen molar-refractivity contribution >= 4 is 16.7 Å². The first-order valence-corrected chi connectivity index (χ1v) is 7.11. The SMILES string of the molecule is C#Cc1cccc(NCc2c(CC)oc3ccccc23)c1. The lowest BCUT2D eigenvalue weighted by molar-refractivity contribution is 0.551. The van der Waals surface area contributed by atoms with Gasteiger partial charge in [-0.1, -0.05) is 37.1 Å². The van der Waals surface area contributed by atoms with Crippen LogP contribution in [0.1, 0.15) is 23.8 Å². The average molecular weight is 275 g/mol. The quantitative estimate of drug-likeness (QED) is 0.704. The molecule has 2 heteroatoms. The third-order valence-corrected chi connectivity index (χ3v) is 3.60. The van der Waals surface area contributed by atoms with Gasteiger partial charge in [-0.2, -0.15) is 0 Å². The van der Waals surface area contributed by atoms with Crippen LogP contribution in [-0.4, -0.2) is 0 Å². The van der Waals surface area contributed by atoms with E-state index in [0.717, 1.165) is 35.6 Å². The molecular weight excluding hydrogens is 258 g/mol. The van der Waals surface area contributed by atoms with Gasteiger partial charge in [0.1, 0.15) is 11.3 Å². The summed E-state index contributed by atoms with van der Waals surface area (Å²) in [5, 5.41) is 4.61. The number of nitrogens with one attached hydrogen (secondary N) is 1. The fourth-order valence-corrected chi connectivity index (χ4v) is 2.54. The molecule has 0 bridgehead atoms. The Hall–Kier alpha value is -2.66. The van der Waals surface area contributed by atoms with Crippen LogP contribution in [0.15, 0.2) is 52.9 Å². The van der Waals surface area contributed by atoms with E-state index in [1.165, 1.54) is 10.9 Å². The van der Waals surface area contributed by atoms with Crippen molar-refractivity contribution in [1.82, 2.24) is 0 Å². The van der Waals surface area contributed by atoms with Gasteiger partial charge in [-0.25, -0.2) is 0 Å². The van der Waals surface area contributed by atoms with E-state index in [1.807, 2.05) is 42.5 Å². The van der Waals surface area contributed by atoms with Gasteiger partial charge in [-0.3, -0.25) is 0 Å². The van der Waals surface area contributed by atoms with Gasteiger partial charge in [0, 0.05) is 35.2 Å². The van der Waals surface area contributed by atoms with E-state index in [-0.39, 0.29) is 0 Å². The molecule has 2 nitrogen and oxygen atoms in total. The summed E-state index contributed by atoms with van der Waals surface area (Å²) < 4.78 is 5.91. The van der Waals surface area contributed by atoms with Gasteiger partial charge in [-0.15, -0.1) is 6.42 Å². The predicted molar refractivity (Wildman–Crippen MR) is 87.3 cm³/mol. The second-order valence-electron chi connectivity index (χ2n) is 4.93. The number of para-hydroxylation sites is 1. The first-order chi connectivity index (χ1) is 10.3. The number of aryl methyl sites for hydroxylation is 1. The molecule has 3 aromatic rings. The van der Waals surface area contributed by atoms with E-state index >= 15 is 0 Å². The smallest absolute Gasteiger partial charge is 0.134 e. The van der Waals surface area contributed by atoms with Gasteiger partial charge >= 0.3 is 0 Å². The van der Waals surface area contributed by atoms with E-state index in [4.69, 9.17) is 10.8 Å². The molecule has 0 aliphatic rings. The second-order valence-corrected chi connectivity index (χ2v) is 4.93. The first-order valence-electron chi connectivity index (χ1n) is 7.11. The molecule has 0 saturated heterocycles. The van der Waals surface area contributed by atoms with Crippen molar-refractivity contribution in [3.8, 4) is 12.3 Å². The van der Waals surface area contributed by atoms with Crippen molar-refractivity contribution in [2.75, 3.05) is 5.32 Å². The number of hydrogen-bond donors (Lipinski definition) is 1. The summed E-state index contributed by atoms with van der Waals surface area (Å²) in [5.74, 6) is 3.69. The molecular formula is C19H17NO. The van der Waals surface area contributed by atoms with Crippen molar-refractivity contribution in [2.24, 2.45) is 0 Å². The summed E-state index contributed by atoms with van der Waals surface area (Å²) in [6, 6.07) is 16.0. The van der Waals surface area contributed by atoms with Crippen LogP contribution in [0.25, 0.3) is 11.0 Å². The molecule has 0 saturated carbocycles. The molecule has 0 amide bonds. The molecule has 21 heavy (non-hydrogen) atoms. The molecule has 0 spiro atoms. The highest BCUT2D eigenvalue weighted by atomic mass is 16.3. The maximum Gasteiger partial charge on any atom is 0.134 e. The van der Waals surface area contributed by atoms with Gasteiger partial charge in [-0.05, 0) is 24.3 Å². The van der Waals surface area contributed by atoms with E-state index in [9.17, 15) is 0 Å². The number of furan rings is 1. The maximum atomic E-state index is 5.91. The zero-order valence-corrected chi connectivity index (χ0v) is 12.0. The number of hydrogen-bond acceptors (Lipinski definition) is 2. The normalized spacial score (nSPS) is 10.5. The number of fused-ring (bicyclic) bond motifs is 1. The number of rotatable bonds is 4. The lowest BCUT2D eigenvalue weighted by Gasteiger charge is -2.07. The highest BCUT2D eigenvalue weighted by Gasteiger charge is 2.11. The van der Waals surface area contributed by atoms with Crippen LogP contribution >= 0.6 is 0 Å². The Balaban J connectivity index is 1.89. The van der Waals surface area contributed by atoms with Crippen LogP contribution in [0, 0.1) is 12.3 Å². The molecule has 3 rings (SSSR count). The van der Waals surface area contributed by atoms with Gasteiger partial charge in [0.05, 0.1) is 0 Å². The maximum absolute atomic E-state index is 5.91. The Kier molecular flexibility index (Phi) is 3.66.